The van der Waals surface area contributed by atoms with Crippen molar-refractivity contribution >= 4 is 11.5 Å². The van der Waals surface area contributed by atoms with Gasteiger partial charge in [0.15, 0.2) is 0 Å². The molecule has 1 aromatic carbocycles. The first kappa shape index (κ1) is 19.3. The van der Waals surface area contributed by atoms with E-state index in [1.54, 1.807) is 0 Å². The molecular formula is C19H23N5O2. The minimum absolute atomic E-state index is 0.178. The highest BCUT2D eigenvalue weighted by Gasteiger charge is 2.18. The normalized spacial score (nSPS) is 11.8. The SMILES string of the molecule is CCN(CC)[C@@H](CNc1ncc([N+](=O)[O-])cc1C#N)Cc1ccccc1. The topological polar surface area (TPSA) is 95.1 Å². The maximum atomic E-state index is 10.8. The zero-order valence-corrected chi connectivity index (χ0v) is 15.1. The number of aromatic nitrogens is 1. The summed E-state index contributed by atoms with van der Waals surface area (Å²) in [4.78, 5) is 16.7. The van der Waals surface area contributed by atoms with Crippen LogP contribution in [-0.2, 0) is 6.42 Å². The van der Waals surface area contributed by atoms with Gasteiger partial charge in [-0.15, -0.1) is 0 Å². The Labute approximate surface area is 153 Å². The lowest BCUT2D eigenvalue weighted by molar-refractivity contribution is -0.385. The average Bonchev–Trinajstić information content (AvgIpc) is 2.67. The van der Waals surface area contributed by atoms with Crippen molar-refractivity contribution in [2.24, 2.45) is 0 Å². The molecule has 1 heterocycles. The molecular weight excluding hydrogens is 330 g/mol. The molecule has 1 aromatic heterocycles. The second-order valence-corrected chi connectivity index (χ2v) is 5.90. The largest absolute Gasteiger partial charge is 0.367 e. The average molecular weight is 353 g/mol. The molecule has 2 aromatic rings. The summed E-state index contributed by atoms with van der Waals surface area (Å²) in [6.45, 7) is 6.65. The van der Waals surface area contributed by atoms with Gasteiger partial charge in [-0.2, -0.15) is 5.26 Å². The van der Waals surface area contributed by atoms with Gasteiger partial charge >= 0.3 is 0 Å². The predicted molar refractivity (Wildman–Crippen MR) is 101 cm³/mol. The van der Waals surface area contributed by atoms with E-state index in [-0.39, 0.29) is 17.3 Å². The summed E-state index contributed by atoms with van der Waals surface area (Å²) in [5.41, 5.74) is 1.23. The number of nitro groups is 1. The summed E-state index contributed by atoms with van der Waals surface area (Å²) in [7, 11) is 0. The molecule has 0 aliphatic rings. The number of nitrogens with zero attached hydrogens (tertiary/aromatic N) is 4. The molecule has 0 saturated carbocycles. The summed E-state index contributed by atoms with van der Waals surface area (Å²) in [5.74, 6) is 0.378. The lowest BCUT2D eigenvalue weighted by Crippen LogP contribution is -2.41. The van der Waals surface area contributed by atoms with Crippen molar-refractivity contribution in [2.45, 2.75) is 26.3 Å². The number of rotatable bonds is 9. The molecule has 0 spiro atoms. The van der Waals surface area contributed by atoms with Crippen LogP contribution in [0.25, 0.3) is 0 Å². The van der Waals surface area contributed by atoms with Crippen LogP contribution < -0.4 is 5.32 Å². The standard InChI is InChI=1S/C19H23N5O2/c1-3-23(4-2)17(10-15-8-6-5-7-9-15)13-21-19-16(12-20)11-18(14-22-19)24(25)26/h5-9,11,14,17H,3-4,10,13H2,1-2H3,(H,21,22)/t17-/m1/s1. The number of nitrogens with one attached hydrogen (secondary N) is 1. The Morgan fingerprint density at radius 3 is 2.58 bits per heavy atom. The van der Waals surface area contributed by atoms with Crippen LogP contribution >= 0.6 is 0 Å². The van der Waals surface area contributed by atoms with Gasteiger partial charge in [-0.3, -0.25) is 15.0 Å². The van der Waals surface area contributed by atoms with Crippen molar-refractivity contribution < 1.29 is 4.92 Å². The Balaban J connectivity index is 2.16. The lowest BCUT2D eigenvalue weighted by atomic mass is 10.0. The maximum Gasteiger partial charge on any atom is 0.289 e. The summed E-state index contributed by atoms with van der Waals surface area (Å²) < 4.78 is 0. The number of pyridine rings is 1. The highest BCUT2D eigenvalue weighted by Crippen LogP contribution is 2.19. The second kappa shape index (κ2) is 9.49. The van der Waals surface area contributed by atoms with Gasteiger partial charge in [0, 0.05) is 18.7 Å². The first-order valence-electron chi connectivity index (χ1n) is 8.65. The van der Waals surface area contributed by atoms with Gasteiger partial charge in [0.25, 0.3) is 5.69 Å². The van der Waals surface area contributed by atoms with E-state index in [1.807, 2.05) is 24.3 Å². The number of hydrogen-bond acceptors (Lipinski definition) is 6. The second-order valence-electron chi connectivity index (χ2n) is 5.90. The zero-order valence-electron chi connectivity index (χ0n) is 15.1. The van der Waals surface area contributed by atoms with Crippen molar-refractivity contribution in [1.82, 2.24) is 9.88 Å². The van der Waals surface area contributed by atoms with Crippen LogP contribution in [0, 0.1) is 21.4 Å². The van der Waals surface area contributed by atoms with E-state index in [4.69, 9.17) is 0 Å². The van der Waals surface area contributed by atoms with Gasteiger partial charge in [0.05, 0.1) is 4.92 Å². The van der Waals surface area contributed by atoms with Crippen LogP contribution in [-0.4, -0.2) is 40.5 Å². The van der Waals surface area contributed by atoms with Gasteiger partial charge < -0.3 is 5.32 Å². The first-order chi connectivity index (χ1) is 12.6. The fourth-order valence-electron chi connectivity index (χ4n) is 2.95. The van der Waals surface area contributed by atoms with Crippen molar-refractivity contribution in [3.8, 4) is 6.07 Å². The number of nitriles is 1. The zero-order chi connectivity index (χ0) is 18.9. The third-order valence-corrected chi connectivity index (χ3v) is 4.35. The van der Waals surface area contributed by atoms with Gasteiger partial charge in [-0.25, -0.2) is 4.98 Å². The van der Waals surface area contributed by atoms with Crippen LogP contribution in [0.4, 0.5) is 11.5 Å². The van der Waals surface area contributed by atoms with Crippen LogP contribution in [0.15, 0.2) is 42.6 Å². The monoisotopic (exact) mass is 353 g/mol. The number of hydrogen-bond donors (Lipinski definition) is 1. The van der Waals surface area contributed by atoms with Crippen LogP contribution in [0.1, 0.15) is 25.0 Å². The Morgan fingerprint density at radius 1 is 1.31 bits per heavy atom. The molecule has 0 aliphatic carbocycles. The van der Waals surface area contributed by atoms with Crippen molar-refractivity contribution in [3.05, 3.63) is 63.8 Å². The molecule has 0 amide bonds. The third kappa shape index (κ3) is 5.01. The van der Waals surface area contributed by atoms with E-state index in [0.717, 1.165) is 19.5 Å². The molecule has 26 heavy (non-hydrogen) atoms. The molecule has 0 saturated heterocycles. The number of benzene rings is 1. The predicted octanol–water partition coefficient (Wildman–Crippen LogP) is 3.23. The van der Waals surface area contributed by atoms with Gasteiger partial charge in [0.1, 0.15) is 23.6 Å². The Morgan fingerprint density at radius 2 is 2.00 bits per heavy atom. The summed E-state index contributed by atoms with van der Waals surface area (Å²) in [6, 6.07) is 13.7. The molecule has 0 unspecified atom stereocenters. The molecule has 0 fully saturated rings. The minimum Gasteiger partial charge on any atom is -0.367 e. The van der Waals surface area contributed by atoms with E-state index in [2.05, 4.69) is 41.2 Å². The molecule has 1 atom stereocenters. The molecule has 136 valence electrons. The van der Waals surface area contributed by atoms with E-state index >= 15 is 0 Å². The Kier molecular flexibility index (Phi) is 7.06. The van der Waals surface area contributed by atoms with E-state index in [1.165, 1.54) is 17.8 Å². The molecule has 0 bridgehead atoms. The van der Waals surface area contributed by atoms with Crippen molar-refractivity contribution in [3.63, 3.8) is 0 Å². The number of likely N-dealkylation sites (N-methyl/N-ethyl adjacent to an activating group) is 1. The molecule has 2 rings (SSSR count). The molecule has 1 N–H and O–H groups in total. The lowest BCUT2D eigenvalue weighted by Gasteiger charge is -2.30. The van der Waals surface area contributed by atoms with Crippen LogP contribution in [0.3, 0.4) is 0 Å². The number of anilines is 1. The van der Waals surface area contributed by atoms with E-state index in [0.29, 0.717) is 12.4 Å². The first-order valence-corrected chi connectivity index (χ1v) is 8.65. The van der Waals surface area contributed by atoms with E-state index in [9.17, 15) is 15.4 Å². The van der Waals surface area contributed by atoms with Gasteiger partial charge in [-0.05, 0) is 25.1 Å². The highest BCUT2D eigenvalue weighted by molar-refractivity contribution is 5.55. The minimum atomic E-state index is -0.550. The fraction of sp³-hybridized carbons (Fsp3) is 0.368. The van der Waals surface area contributed by atoms with Crippen molar-refractivity contribution in [2.75, 3.05) is 25.0 Å². The quantitative estimate of drug-likeness (QED) is 0.549. The summed E-state index contributed by atoms with van der Waals surface area (Å²) in [5, 5.41) is 23.3. The van der Waals surface area contributed by atoms with Crippen molar-refractivity contribution in [1.29, 1.82) is 5.26 Å². The summed E-state index contributed by atoms with van der Waals surface area (Å²) >= 11 is 0. The van der Waals surface area contributed by atoms with Gasteiger partial charge in [0.2, 0.25) is 0 Å². The molecule has 7 nitrogen and oxygen atoms in total. The molecule has 0 aliphatic heterocycles. The Bertz CT molecular complexity index is 769. The highest BCUT2D eigenvalue weighted by atomic mass is 16.6. The molecule has 0 radical (unpaired) electrons. The van der Waals surface area contributed by atoms with Crippen LogP contribution in [0.5, 0.6) is 0 Å². The van der Waals surface area contributed by atoms with Crippen LogP contribution in [0.2, 0.25) is 0 Å². The third-order valence-electron chi connectivity index (χ3n) is 4.35. The smallest absolute Gasteiger partial charge is 0.289 e. The Hall–Kier alpha value is -2.98. The fourth-order valence-corrected chi connectivity index (χ4v) is 2.95. The van der Waals surface area contributed by atoms with E-state index < -0.39 is 4.92 Å². The van der Waals surface area contributed by atoms with Gasteiger partial charge in [-0.1, -0.05) is 44.2 Å². The maximum absolute atomic E-state index is 10.8. The molecule has 7 heteroatoms. The summed E-state index contributed by atoms with van der Waals surface area (Å²) in [6.07, 6.45) is 2.04.